The number of benzene rings is 3. The van der Waals surface area contributed by atoms with Crippen molar-refractivity contribution in [1.82, 2.24) is 15.0 Å². The van der Waals surface area contributed by atoms with Crippen LogP contribution in [0.5, 0.6) is 0 Å². The van der Waals surface area contributed by atoms with Crippen molar-refractivity contribution in [2.45, 2.75) is 19.3 Å². The lowest BCUT2D eigenvalue weighted by molar-refractivity contribution is 0.797. The molecule has 3 heteroatoms. The molecule has 132 valence electrons. The molecule has 1 aromatic heterocycles. The minimum Gasteiger partial charge on any atom is -0.217 e. The maximum absolute atomic E-state index is 4.74. The van der Waals surface area contributed by atoms with Gasteiger partial charge in [0.25, 0.3) is 0 Å². The predicted molar refractivity (Wildman–Crippen MR) is 108 cm³/mol. The van der Waals surface area contributed by atoms with Crippen molar-refractivity contribution in [1.29, 1.82) is 0 Å². The molecule has 4 aromatic rings. The van der Waals surface area contributed by atoms with Crippen LogP contribution in [0.1, 0.15) is 34.2 Å². The lowest BCUT2D eigenvalue weighted by atomic mass is 10.1. The summed E-state index contributed by atoms with van der Waals surface area (Å²) in [5, 5.41) is 0. The summed E-state index contributed by atoms with van der Waals surface area (Å²) in [5.41, 5.74) is 3.63. The highest BCUT2D eigenvalue weighted by Crippen LogP contribution is 2.12. The van der Waals surface area contributed by atoms with Gasteiger partial charge >= 0.3 is 0 Å². The van der Waals surface area contributed by atoms with Gasteiger partial charge in [0.05, 0.1) is 0 Å². The van der Waals surface area contributed by atoms with Crippen LogP contribution < -0.4 is 0 Å². The second-order valence-electron chi connectivity index (χ2n) is 6.57. The van der Waals surface area contributed by atoms with Crippen LogP contribution >= 0.6 is 0 Å². The molecule has 3 nitrogen and oxygen atoms in total. The third-order valence-corrected chi connectivity index (χ3v) is 4.39. The molecule has 0 fully saturated rings. The zero-order valence-corrected chi connectivity index (χ0v) is 15.1. The van der Waals surface area contributed by atoms with Gasteiger partial charge in [-0.1, -0.05) is 91.0 Å². The van der Waals surface area contributed by atoms with E-state index in [4.69, 9.17) is 15.0 Å². The van der Waals surface area contributed by atoms with Gasteiger partial charge in [-0.05, 0) is 16.7 Å². The Morgan fingerprint density at radius 3 is 0.889 bits per heavy atom. The summed E-state index contributed by atoms with van der Waals surface area (Å²) in [4.78, 5) is 14.2. The minimum atomic E-state index is 0.715. The largest absolute Gasteiger partial charge is 0.217 e. The monoisotopic (exact) mass is 351 g/mol. The smallest absolute Gasteiger partial charge is 0.137 e. The fourth-order valence-corrected chi connectivity index (χ4v) is 3.09. The van der Waals surface area contributed by atoms with Crippen LogP contribution in [0.4, 0.5) is 0 Å². The highest BCUT2D eigenvalue weighted by Gasteiger charge is 2.09. The van der Waals surface area contributed by atoms with Gasteiger partial charge in [0.2, 0.25) is 0 Å². The second kappa shape index (κ2) is 8.37. The van der Waals surface area contributed by atoms with E-state index in [1.54, 1.807) is 0 Å². The second-order valence-corrected chi connectivity index (χ2v) is 6.57. The van der Waals surface area contributed by atoms with Gasteiger partial charge in [0.1, 0.15) is 17.5 Å². The van der Waals surface area contributed by atoms with Crippen molar-refractivity contribution in [3.05, 3.63) is 125 Å². The molecule has 3 aromatic carbocycles. The van der Waals surface area contributed by atoms with E-state index in [0.29, 0.717) is 19.3 Å². The van der Waals surface area contributed by atoms with E-state index in [9.17, 15) is 0 Å². The van der Waals surface area contributed by atoms with Gasteiger partial charge in [0, 0.05) is 19.3 Å². The number of rotatable bonds is 6. The highest BCUT2D eigenvalue weighted by atomic mass is 15.0. The van der Waals surface area contributed by atoms with Crippen LogP contribution in [0.15, 0.2) is 91.0 Å². The van der Waals surface area contributed by atoms with Crippen molar-refractivity contribution >= 4 is 0 Å². The van der Waals surface area contributed by atoms with Crippen LogP contribution in [0.25, 0.3) is 0 Å². The van der Waals surface area contributed by atoms with Crippen molar-refractivity contribution in [3.63, 3.8) is 0 Å². The molecule has 27 heavy (non-hydrogen) atoms. The Kier molecular flexibility index (Phi) is 5.30. The van der Waals surface area contributed by atoms with Gasteiger partial charge in [-0.3, -0.25) is 0 Å². The Hall–Kier alpha value is -3.33. The molecule has 0 atom stereocenters. The minimum absolute atomic E-state index is 0.715. The third kappa shape index (κ3) is 4.85. The summed E-state index contributed by atoms with van der Waals surface area (Å²) < 4.78 is 0. The number of aromatic nitrogens is 3. The van der Waals surface area contributed by atoms with Gasteiger partial charge in [-0.2, -0.15) is 0 Å². The fourth-order valence-electron chi connectivity index (χ4n) is 3.09. The first-order chi connectivity index (χ1) is 13.3. The average Bonchev–Trinajstić information content (AvgIpc) is 2.70. The lowest BCUT2D eigenvalue weighted by Crippen LogP contribution is -2.09. The molecule has 0 N–H and O–H groups in total. The van der Waals surface area contributed by atoms with E-state index in [1.165, 1.54) is 16.7 Å². The van der Waals surface area contributed by atoms with Crippen LogP contribution in [0.3, 0.4) is 0 Å². The van der Waals surface area contributed by atoms with Crippen LogP contribution in [0.2, 0.25) is 0 Å². The standard InChI is InChI=1S/C24H21N3/c1-4-10-19(11-5-1)16-22-25-23(17-20-12-6-2-7-13-20)27-24(26-22)18-21-14-8-3-9-15-21/h1-15H,16-18H2. The van der Waals surface area contributed by atoms with Gasteiger partial charge in [-0.25, -0.2) is 15.0 Å². The molecule has 0 saturated heterocycles. The summed E-state index contributed by atoms with van der Waals surface area (Å²) in [6.45, 7) is 0. The summed E-state index contributed by atoms with van der Waals surface area (Å²) in [5.74, 6) is 2.48. The van der Waals surface area contributed by atoms with Crippen LogP contribution in [0, 0.1) is 0 Å². The summed E-state index contributed by atoms with van der Waals surface area (Å²) in [7, 11) is 0. The molecule has 0 unspecified atom stereocenters. The van der Waals surface area contributed by atoms with E-state index in [1.807, 2.05) is 54.6 Å². The Bertz CT molecular complexity index is 839. The molecule has 4 rings (SSSR count). The van der Waals surface area contributed by atoms with Gasteiger partial charge in [-0.15, -0.1) is 0 Å². The summed E-state index contributed by atoms with van der Waals surface area (Å²) in [6, 6.07) is 31.0. The maximum Gasteiger partial charge on any atom is 0.137 e. The summed E-state index contributed by atoms with van der Waals surface area (Å²) >= 11 is 0. The average molecular weight is 351 g/mol. The Morgan fingerprint density at radius 2 is 0.630 bits per heavy atom. The first kappa shape index (κ1) is 17.1. The first-order valence-corrected chi connectivity index (χ1v) is 9.20. The van der Waals surface area contributed by atoms with E-state index in [-0.39, 0.29) is 0 Å². The molecule has 0 bridgehead atoms. The molecule has 0 spiro atoms. The van der Waals surface area contributed by atoms with Crippen molar-refractivity contribution in [3.8, 4) is 0 Å². The van der Waals surface area contributed by atoms with E-state index < -0.39 is 0 Å². The van der Waals surface area contributed by atoms with Gasteiger partial charge < -0.3 is 0 Å². The molecule has 0 aliphatic heterocycles. The molecule has 0 radical (unpaired) electrons. The topological polar surface area (TPSA) is 38.7 Å². The Balaban J connectivity index is 1.64. The normalized spacial score (nSPS) is 10.7. The zero-order chi connectivity index (χ0) is 18.3. The van der Waals surface area contributed by atoms with Crippen molar-refractivity contribution in [2.75, 3.05) is 0 Å². The molecular formula is C24H21N3. The zero-order valence-electron chi connectivity index (χ0n) is 15.1. The maximum atomic E-state index is 4.74. The van der Waals surface area contributed by atoms with E-state index in [2.05, 4.69) is 36.4 Å². The quantitative estimate of drug-likeness (QED) is 0.508. The Labute approximate surface area is 159 Å². The predicted octanol–water partition coefficient (Wildman–Crippen LogP) is 4.64. The van der Waals surface area contributed by atoms with Crippen LogP contribution in [-0.4, -0.2) is 15.0 Å². The van der Waals surface area contributed by atoms with E-state index >= 15 is 0 Å². The van der Waals surface area contributed by atoms with Crippen molar-refractivity contribution in [2.24, 2.45) is 0 Å². The van der Waals surface area contributed by atoms with Crippen LogP contribution in [-0.2, 0) is 19.3 Å². The fraction of sp³-hybridized carbons (Fsp3) is 0.125. The van der Waals surface area contributed by atoms with E-state index in [0.717, 1.165) is 17.5 Å². The number of hydrogen-bond donors (Lipinski definition) is 0. The SMILES string of the molecule is c1ccc(Cc2nc(Cc3ccccc3)nc(Cc3ccccc3)n2)cc1. The lowest BCUT2D eigenvalue weighted by Gasteiger charge is -2.08. The Morgan fingerprint density at radius 1 is 0.370 bits per heavy atom. The third-order valence-electron chi connectivity index (χ3n) is 4.39. The van der Waals surface area contributed by atoms with Gasteiger partial charge in [0.15, 0.2) is 0 Å². The first-order valence-electron chi connectivity index (χ1n) is 9.20. The molecular weight excluding hydrogens is 330 g/mol. The summed E-state index contributed by atoms with van der Waals surface area (Å²) in [6.07, 6.45) is 2.15. The number of hydrogen-bond acceptors (Lipinski definition) is 3. The molecule has 0 aliphatic carbocycles. The van der Waals surface area contributed by atoms with Crippen molar-refractivity contribution < 1.29 is 0 Å². The molecule has 0 saturated carbocycles. The molecule has 0 amide bonds. The molecule has 0 aliphatic rings. The number of nitrogens with zero attached hydrogens (tertiary/aromatic N) is 3. The highest BCUT2D eigenvalue weighted by molar-refractivity contribution is 5.23. The molecule has 1 heterocycles.